The van der Waals surface area contributed by atoms with Gasteiger partial charge in [0.1, 0.15) is 6.04 Å². The van der Waals surface area contributed by atoms with Crippen molar-refractivity contribution < 1.29 is 14.4 Å². The van der Waals surface area contributed by atoms with Crippen LogP contribution in [0, 0.1) is 0 Å². The van der Waals surface area contributed by atoms with Crippen LogP contribution in [0.5, 0.6) is 0 Å². The molecule has 0 saturated heterocycles. The maximum absolute atomic E-state index is 11.7. The van der Waals surface area contributed by atoms with Crippen molar-refractivity contribution in [1.29, 1.82) is 0 Å². The number of nitrogens with one attached hydrogen (secondary N) is 2. The molecular weight excluding hydrogens is 222 g/mol. The van der Waals surface area contributed by atoms with Crippen LogP contribution >= 0.6 is 0 Å². The van der Waals surface area contributed by atoms with E-state index >= 15 is 0 Å². The average molecular weight is 243 g/mol. The zero-order chi connectivity index (χ0) is 13.4. The highest BCUT2D eigenvalue weighted by Crippen LogP contribution is 1.96. The molecule has 3 amide bonds. The van der Waals surface area contributed by atoms with Crippen LogP contribution in [0.2, 0.25) is 0 Å². The molecule has 0 aromatic heterocycles. The van der Waals surface area contributed by atoms with Gasteiger partial charge in [0.25, 0.3) is 0 Å². The predicted molar refractivity (Wildman–Crippen MR) is 64.2 cm³/mol. The lowest BCUT2D eigenvalue weighted by Gasteiger charge is -2.17. The lowest BCUT2D eigenvalue weighted by atomic mass is 10.1. The van der Waals surface area contributed by atoms with Crippen molar-refractivity contribution in [2.24, 2.45) is 0 Å². The van der Waals surface area contributed by atoms with E-state index in [0.717, 1.165) is 6.42 Å². The van der Waals surface area contributed by atoms with Crippen LogP contribution in [-0.2, 0) is 14.4 Å². The molecule has 0 radical (unpaired) electrons. The summed E-state index contributed by atoms with van der Waals surface area (Å²) < 4.78 is 0. The molecule has 0 heterocycles. The minimum atomic E-state index is -0.563. The van der Waals surface area contributed by atoms with Crippen molar-refractivity contribution in [2.75, 3.05) is 20.6 Å². The van der Waals surface area contributed by atoms with Crippen LogP contribution < -0.4 is 10.6 Å². The Morgan fingerprint density at radius 2 is 1.82 bits per heavy atom. The first-order valence-corrected chi connectivity index (χ1v) is 5.63. The smallest absolute Gasteiger partial charge is 0.243 e. The van der Waals surface area contributed by atoms with Crippen molar-refractivity contribution in [3.8, 4) is 0 Å². The van der Waals surface area contributed by atoms with Gasteiger partial charge >= 0.3 is 0 Å². The Morgan fingerprint density at radius 1 is 1.24 bits per heavy atom. The molecule has 0 rings (SSSR count). The number of hydrogen-bond acceptors (Lipinski definition) is 3. The maximum atomic E-state index is 11.7. The lowest BCUT2D eigenvalue weighted by molar-refractivity contribution is -0.132. The number of nitrogens with zero attached hydrogens (tertiary/aromatic N) is 1. The van der Waals surface area contributed by atoms with Gasteiger partial charge in [-0.25, -0.2) is 0 Å². The Hall–Kier alpha value is -1.59. The summed E-state index contributed by atoms with van der Waals surface area (Å²) in [6.07, 6.45) is 1.33. The van der Waals surface area contributed by atoms with Gasteiger partial charge in [0, 0.05) is 21.0 Å². The van der Waals surface area contributed by atoms with E-state index in [4.69, 9.17) is 0 Å². The largest absolute Gasteiger partial charge is 0.347 e. The summed E-state index contributed by atoms with van der Waals surface area (Å²) in [5.41, 5.74) is 0. The summed E-state index contributed by atoms with van der Waals surface area (Å²) in [5.74, 6) is -0.758. The molecule has 0 aliphatic rings. The van der Waals surface area contributed by atoms with Crippen LogP contribution in [0.4, 0.5) is 0 Å². The first-order chi connectivity index (χ1) is 7.88. The van der Waals surface area contributed by atoms with Crippen molar-refractivity contribution in [3.63, 3.8) is 0 Å². The molecule has 98 valence electrons. The monoisotopic (exact) mass is 243 g/mol. The van der Waals surface area contributed by atoms with Crippen molar-refractivity contribution in [2.45, 2.75) is 32.7 Å². The molecule has 0 bridgehead atoms. The van der Waals surface area contributed by atoms with Crippen LogP contribution in [0.25, 0.3) is 0 Å². The van der Waals surface area contributed by atoms with E-state index in [-0.39, 0.29) is 24.3 Å². The molecule has 0 saturated carbocycles. The first kappa shape index (κ1) is 15.4. The average Bonchev–Trinajstić information content (AvgIpc) is 2.23. The van der Waals surface area contributed by atoms with Crippen LogP contribution in [-0.4, -0.2) is 49.3 Å². The standard InChI is InChI=1S/C11H21N3O3/c1-5-6-9(13-8(2)15)11(17)12-7-10(16)14(3)4/h9H,5-7H2,1-4H3,(H,12,17)(H,13,15). The Morgan fingerprint density at radius 3 is 2.24 bits per heavy atom. The molecule has 17 heavy (non-hydrogen) atoms. The molecule has 1 unspecified atom stereocenters. The number of likely N-dealkylation sites (N-methyl/N-ethyl adjacent to an activating group) is 1. The van der Waals surface area contributed by atoms with E-state index in [1.807, 2.05) is 6.92 Å². The topological polar surface area (TPSA) is 78.5 Å². The van der Waals surface area contributed by atoms with Crippen LogP contribution in [0.15, 0.2) is 0 Å². The molecule has 0 fully saturated rings. The molecule has 0 spiro atoms. The molecule has 0 aliphatic carbocycles. The summed E-state index contributed by atoms with van der Waals surface area (Å²) in [5, 5.41) is 5.07. The molecule has 6 heteroatoms. The number of rotatable bonds is 6. The van der Waals surface area contributed by atoms with E-state index < -0.39 is 6.04 Å². The Bertz CT molecular complexity index is 290. The third-order valence-electron chi connectivity index (χ3n) is 2.18. The van der Waals surface area contributed by atoms with Gasteiger partial charge in [-0.2, -0.15) is 0 Å². The van der Waals surface area contributed by atoms with Gasteiger partial charge in [-0.05, 0) is 6.42 Å². The second-order valence-electron chi connectivity index (χ2n) is 4.05. The van der Waals surface area contributed by atoms with Crippen molar-refractivity contribution in [1.82, 2.24) is 15.5 Å². The fourth-order valence-corrected chi connectivity index (χ4v) is 1.25. The minimum Gasteiger partial charge on any atom is -0.347 e. The maximum Gasteiger partial charge on any atom is 0.243 e. The highest BCUT2D eigenvalue weighted by Gasteiger charge is 2.18. The summed E-state index contributed by atoms with van der Waals surface area (Å²) >= 11 is 0. The third-order valence-corrected chi connectivity index (χ3v) is 2.18. The van der Waals surface area contributed by atoms with Crippen molar-refractivity contribution in [3.05, 3.63) is 0 Å². The van der Waals surface area contributed by atoms with Gasteiger partial charge < -0.3 is 15.5 Å². The number of carbonyl (C=O) groups excluding carboxylic acids is 3. The summed E-state index contributed by atoms with van der Waals surface area (Å²) in [6.45, 7) is 3.24. The second kappa shape index (κ2) is 7.65. The molecular formula is C11H21N3O3. The number of amides is 3. The highest BCUT2D eigenvalue weighted by molar-refractivity contribution is 5.89. The Labute approximate surface area is 102 Å². The fourth-order valence-electron chi connectivity index (χ4n) is 1.25. The van der Waals surface area contributed by atoms with Gasteiger partial charge in [0.05, 0.1) is 6.54 Å². The zero-order valence-corrected chi connectivity index (χ0v) is 10.9. The second-order valence-corrected chi connectivity index (χ2v) is 4.05. The first-order valence-electron chi connectivity index (χ1n) is 5.63. The number of carbonyl (C=O) groups is 3. The van der Waals surface area contributed by atoms with Gasteiger partial charge in [0.2, 0.25) is 17.7 Å². The Balaban J connectivity index is 4.23. The molecule has 0 aromatic rings. The SMILES string of the molecule is CCCC(NC(C)=O)C(=O)NCC(=O)N(C)C. The number of hydrogen-bond donors (Lipinski definition) is 2. The molecule has 6 nitrogen and oxygen atoms in total. The van der Waals surface area contributed by atoms with Crippen molar-refractivity contribution >= 4 is 17.7 Å². The van der Waals surface area contributed by atoms with E-state index in [2.05, 4.69) is 10.6 Å². The van der Waals surface area contributed by atoms with E-state index in [0.29, 0.717) is 6.42 Å². The van der Waals surface area contributed by atoms with E-state index in [1.54, 1.807) is 14.1 Å². The van der Waals surface area contributed by atoms with Gasteiger partial charge in [-0.15, -0.1) is 0 Å². The zero-order valence-electron chi connectivity index (χ0n) is 10.9. The fraction of sp³-hybridized carbons (Fsp3) is 0.727. The highest BCUT2D eigenvalue weighted by atomic mass is 16.2. The lowest BCUT2D eigenvalue weighted by Crippen LogP contribution is -2.48. The normalized spacial score (nSPS) is 11.5. The Kier molecular flexibility index (Phi) is 6.93. The van der Waals surface area contributed by atoms with Gasteiger partial charge in [0.15, 0.2) is 0 Å². The van der Waals surface area contributed by atoms with Crippen LogP contribution in [0.3, 0.4) is 0 Å². The molecule has 0 aromatic carbocycles. The van der Waals surface area contributed by atoms with Crippen LogP contribution in [0.1, 0.15) is 26.7 Å². The molecule has 2 N–H and O–H groups in total. The predicted octanol–water partition coefficient (Wildman–Crippen LogP) is -0.504. The van der Waals surface area contributed by atoms with Gasteiger partial charge in [-0.1, -0.05) is 13.3 Å². The molecule has 0 aliphatic heterocycles. The summed E-state index contributed by atoms with van der Waals surface area (Å²) in [4.78, 5) is 35.3. The third kappa shape index (κ3) is 6.55. The van der Waals surface area contributed by atoms with E-state index in [1.165, 1.54) is 11.8 Å². The van der Waals surface area contributed by atoms with E-state index in [9.17, 15) is 14.4 Å². The summed E-state index contributed by atoms with van der Waals surface area (Å²) in [7, 11) is 3.23. The summed E-state index contributed by atoms with van der Waals surface area (Å²) in [6, 6.07) is -0.563. The minimum absolute atomic E-state index is 0.0500. The quantitative estimate of drug-likeness (QED) is 0.660. The molecule has 1 atom stereocenters. The van der Waals surface area contributed by atoms with Gasteiger partial charge in [-0.3, -0.25) is 14.4 Å².